The van der Waals surface area contributed by atoms with E-state index in [1.165, 1.54) is 11.0 Å². The maximum Gasteiger partial charge on any atom is 0.392 e. The Morgan fingerprint density at radius 3 is 2.31 bits per heavy atom. The fourth-order valence-corrected chi connectivity index (χ4v) is 3.04. The summed E-state index contributed by atoms with van der Waals surface area (Å²) in [5.74, 6) is -2.83. The predicted molar refractivity (Wildman–Crippen MR) is 117 cm³/mol. The third-order valence-corrected chi connectivity index (χ3v) is 4.72. The van der Waals surface area contributed by atoms with E-state index in [2.05, 4.69) is 9.97 Å². The number of aliphatic carboxylic acids is 1. The van der Waals surface area contributed by atoms with Gasteiger partial charge in [0.2, 0.25) is 0 Å². The molecule has 2 rings (SSSR count). The number of benzene rings is 1. The molecule has 172 valence electrons. The van der Waals surface area contributed by atoms with Crippen LogP contribution in [0, 0.1) is 23.0 Å². The van der Waals surface area contributed by atoms with Gasteiger partial charge in [0.25, 0.3) is 5.91 Å². The lowest BCUT2D eigenvalue weighted by Gasteiger charge is -2.18. The third-order valence-electron chi connectivity index (χ3n) is 4.17. The van der Waals surface area contributed by atoms with Crippen LogP contribution in [0.25, 0.3) is 0 Å². The highest BCUT2D eigenvalue weighted by atomic mass is 32.2. The highest BCUT2D eigenvalue weighted by Crippen LogP contribution is 2.39. The molecule has 0 saturated heterocycles. The Bertz CT molecular complexity index is 1040. The number of ether oxygens (including phenoxy) is 2. The first-order valence-electron chi connectivity index (χ1n) is 9.45. The summed E-state index contributed by atoms with van der Waals surface area (Å²) in [7, 11) is 3.20. The van der Waals surface area contributed by atoms with Crippen LogP contribution >= 0.6 is 11.8 Å². The van der Waals surface area contributed by atoms with Gasteiger partial charge in [-0.3, -0.25) is 14.9 Å². The normalized spacial score (nSPS) is 11.7. The molecule has 1 heterocycles. The van der Waals surface area contributed by atoms with Gasteiger partial charge in [-0.05, 0) is 36.9 Å². The van der Waals surface area contributed by atoms with Crippen molar-refractivity contribution in [3.63, 3.8) is 0 Å². The molecule has 11 nitrogen and oxygen atoms in total. The molecule has 0 aliphatic carbocycles. The number of nitro groups is 1. The molecule has 0 spiro atoms. The van der Waals surface area contributed by atoms with Gasteiger partial charge in [-0.2, -0.15) is 9.97 Å². The molecule has 1 aromatic carbocycles. The van der Waals surface area contributed by atoms with Crippen molar-refractivity contribution in [2.24, 2.45) is 5.92 Å². The van der Waals surface area contributed by atoms with Crippen LogP contribution in [0.15, 0.2) is 23.4 Å². The number of hydrogen-bond donors (Lipinski definition) is 1. The first kappa shape index (κ1) is 24.9. The molecule has 0 saturated carbocycles. The molecular formula is C20H24N4O7S. The molecule has 1 unspecified atom stereocenters. The fraction of sp³-hybridized carbons (Fsp3) is 0.400. The number of rotatable bonds is 9. The van der Waals surface area contributed by atoms with E-state index in [9.17, 15) is 24.8 Å². The number of carboxylic acid groups (broad SMARTS) is 1. The summed E-state index contributed by atoms with van der Waals surface area (Å²) in [4.78, 5) is 44.4. The van der Waals surface area contributed by atoms with Crippen molar-refractivity contribution < 1.29 is 29.1 Å². The predicted octanol–water partition coefficient (Wildman–Crippen LogP) is 3.40. The Hall–Kier alpha value is -3.41. The largest absolute Gasteiger partial charge is 0.478 e. The first-order chi connectivity index (χ1) is 14.9. The molecule has 1 amide bonds. The maximum atomic E-state index is 12.3. The topological polar surface area (TPSA) is 145 Å². The average molecular weight is 465 g/mol. The van der Waals surface area contributed by atoms with E-state index in [0.717, 1.165) is 11.8 Å². The van der Waals surface area contributed by atoms with Gasteiger partial charge in [0.1, 0.15) is 5.75 Å². The van der Waals surface area contributed by atoms with E-state index >= 15 is 0 Å². The zero-order valence-corrected chi connectivity index (χ0v) is 19.3. The molecule has 1 aromatic heterocycles. The number of amides is 1. The molecule has 0 aliphatic rings. The van der Waals surface area contributed by atoms with Gasteiger partial charge in [0.15, 0.2) is 11.3 Å². The number of aromatic nitrogens is 2. The van der Waals surface area contributed by atoms with E-state index < -0.39 is 40.4 Å². The minimum atomic E-state index is -1.37. The summed E-state index contributed by atoms with van der Waals surface area (Å²) >= 11 is 1.07. The second kappa shape index (κ2) is 10.3. The summed E-state index contributed by atoms with van der Waals surface area (Å²) in [6.07, 6.45) is 0.279. The van der Waals surface area contributed by atoms with Gasteiger partial charge in [-0.15, -0.1) is 0 Å². The molecule has 0 radical (unpaired) electrons. The number of nitrogens with zero attached hydrogens (tertiary/aromatic N) is 4. The number of thioether (sulfide) groups is 1. The van der Waals surface area contributed by atoms with Crippen molar-refractivity contribution >= 4 is 29.3 Å². The highest BCUT2D eigenvalue weighted by molar-refractivity contribution is 7.98. The summed E-state index contributed by atoms with van der Waals surface area (Å²) in [5, 5.41) is 21.3. The van der Waals surface area contributed by atoms with Crippen molar-refractivity contribution in [2.75, 3.05) is 20.4 Å². The molecule has 32 heavy (non-hydrogen) atoms. The van der Waals surface area contributed by atoms with E-state index in [-0.39, 0.29) is 16.8 Å². The number of carbonyl (C=O) groups is 2. The minimum Gasteiger partial charge on any atom is -0.478 e. The van der Waals surface area contributed by atoms with Gasteiger partial charge < -0.3 is 19.5 Å². The van der Waals surface area contributed by atoms with E-state index in [4.69, 9.17) is 9.47 Å². The lowest BCUT2D eigenvalue weighted by Crippen LogP contribution is -2.32. The Morgan fingerprint density at radius 2 is 1.81 bits per heavy atom. The fourth-order valence-electron chi connectivity index (χ4n) is 2.69. The molecule has 12 heteroatoms. The smallest absolute Gasteiger partial charge is 0.392 e. The van der Waals surface area contributed by atoms with Crippen molar-refractivity contribution in [2.45, 2.75) is 32.0 Å². The molecule has 0 aliphatic heterocycles. The Morgan fingerprint density at radius 1 is 1.19 bits per heavy atom. The molecular weight excluding hydrogens is 440 g/mol. The first-order valence-corrected chi connectivity index (χ1v) is 10.7. The van der Waals surface area contributed by atoms with Crippen molar-refractivity contribution in [3.8, 4) is 17.5 Å². The van der Waals surface area contributed by atoms with Gasteiger partial charge in [-0.25, -0.2) is 4.79 Å². The SMILES string of the molecule is CSc1nc(Oc2cc(C)cc(C(=O)N(C)C)c2)c([N+](=O)[O-])c(OC(C(=O)O)C(C)C)n1. The zero-order valence-electron chi connectivity index (χ0n) is 18.5. The Kier molecular flexibility index (Phi) is 7.97. The summed E-state index contributed by atoms with van der Waals surface area (Å²) < 4.78 is 11.1. The van der Waals surface area contributed by atoms with Crippen molar-refractivity contribution in [3.05, 3.63) is 39.4 Å². The van der Waals surface area contributed by atoms with E-state index in [1.54, 1.807) is 53.3 Å². The summed E-state index contributed by atoms with van der Waals surface area (Å²) in [6.45, 7) is 4.96. The average Bonchev–Trinajstić information content (AvgIpc) is 2.69. The van der Waals surface area contributed by atoms with Crippen LogP contribution in [-0.4, -0.2) is 63.2 Å². The van der Waals surface area contributed by atoms with Crippen LogP contribution < -0.4 is 9.47 Å². The van der Waals surface area contributed by atoms with Crippen LogP contribution in [0.3, 0.4) is 0 Å². The zero-order chi connectivity index (χ0) is 24.2. The highest BCUT2D eigenvalue weighted by Gasteiger charge is 2.33. The maximum absolute atomic E-state index is 12.3. The second-order valence-electron chi connectivity index (χ2n) is 7.38. The summed E-state index contributed by atoms with van der Waals surface area (Å²) in [6, 6.07) is 4.69. The quantitative estimate of drug-likeness (QED) is 0.253. The van der Waals surface area contributed by atoms with E-state index in [1.807, 2.05) is 0 Å². The minimum absolute atomic E-state index is 0.0886. The van der Waals surface area contributed by atoms with Gasteiger partial charge >= 0.3 is 23.4 Å². The van der Waals surface area contributed by atoms with Crippen LogP contribution in [0.1, 0.15) is 29.8 Å². The van der Waals surface area contributed by atoms with Gasteiger partial charge in [0, 0.05) is 25.6 Å². The van der Waals surface area contributed by atoms with Crippen LogP contribution in [0.4, 0.5) is 5.69 Å². The Balaban J connectivity index is 2.60. The molecule has 0 bridgehead atoms. The third kappa shape index (κ3) is 5.84. The lowest BCUT2D eigenvalue weighted by atomic mass is 10.1. The van der Waals surface area contributed by atoms with Gasteiger partial charge in [-0.1, -0.05) is 25.6 Å². The monoisotopic (exact) mass is 464 g/mol. The summed E-state index contributed by atoms with van der Waals surface area (Å²) in [5.41, 5.74) is 0.308. The number of carbonyl (C=O) groups excluding carboxylic acids is 1. The molecule has 1 N–H and O–H groups in total. The standard InChI is InChI=1S/C20H24N4O7S/c1-10(2)15(19(26)27)31-17-14(24(28)29)16(21-20(22-17)32-6)30-13-8-11(3)7-12(9-13)18(25)23(4)5/h7-10,15H,1-6H3,(H,26,27). The van der Waals surface area contributed by atoms with Crippen molar-refractivity contribution in [1.82, 2.24) is 14.9 Å². The molecule has 0 fully saturated rings. The van der Waals surface area contributed by atoms with Crippen molar-refractivity contribution in [1.29, 1.82) is 0 Å². The van der Waals surface area contributed by atoms with E-state index in [0.29, 0.717) is 11.1 Å². The number of aryl methyl sites for hydroxylation is 1. The Labute approximate surface area is 188 Å². The number of carboxylic acids is 1. The lowest BCUT2D eigenvalue weighted by molar-refractivity contribution is -0.387. The van der Waals surface area contributed by atoms with Crippen LogP contribution in [0.5, 0.6) is 17.5 Å². The second-order valence-corrected chi connectivity index (χ2v) is 8.16. The molecule has 2 aromatic rings. The van der Waals surface area contributed by atoms with Crippen LogP contribution in [-0.2, 0) is 4.79 Å². The number of hydrogen-bond acceptors (Lipinski definition) is 9. The van der Waals surface area contributed by atoms with Crippen LogP contribution in [0.2, 0.25) is 0 Å². The van der Waals surface area contributed by atoms with Gasteiger partial charge in [0.05, 0.1) is 4.92 Å². The molecule has 1 atom stereocenters.